The molecule has 2 aromatic carbocycles. The Morgan fingerprint density at radius 2 is 1.62 bits per heavy atom. The fourth-order valence-corrected chi connectivity index (χ4v) is 2.69. The van der Waals surface area contributed by atoms with Crippen molar-refractivity contribution in [3.8, 4) is 17.2 Å². The molecule has 0 fully saturated rings. The largest absolute Gasteiger partial charge is 0.508 e. The van der Waals surface area contributed by atoms with Gasteiger partial charge in [-0.2, -0.15) is 0 Å². The van der Waals surface area contributed by atoms with Gasteiger partial charge in [-0.3, -0.25) is 9.88 Å². The number of phenols is 3. The van der Waals surface area contributed by atoms with Crippen molar-refractivity contribution in [2.75, 3.05) is 5.09 Å². The zero-order valence-corrected chi connectivity index (χ0v) is 13.3. The Hall–Kier alpha value is -2.54. The minimum absolute atomic E-state index is 0.0427. The lowest BCUT2D eigenvalue weighted by molar-refractivity contribution is 0.0981. The summed E-state index contributed by atoms with van der Waals surface area (Å²) in [5, 5.41) is 30.3. The van der Waals surface area contributed by atoms with Crippen molar-refractivity contribution in [2.24, 2.45) is 0 Å². The number of nitrogens with one attached hydrogen (secondary N) is 1. The number of ketones is 1. The van der Waals surface area contributed by atoms with Gasteiger partial charge >= 0.3 is 7.75 Å². The highest BCUT2D eigenvalue weighted by atomic mass is 31.2. The van der Waals surface area contributed by atoms with E-state index in [1.54, 1.807) is 12.1 Å². The van der Waals surface area contributed by atoms with Gasteiger partial charge < -0.3 is 25.1 Å². The first-order valence-electron chi connectivity index (χ1n) is 6.86. The third-order valence-corrected chi connectivity index (χ3v) is 3.76. The molecule has 0 amide bonds. The topological polar surface area (TPSA) is 147 Å². The van der Waals surface area contributed by atoms with Crippen molar-refractivity contribution in [1.29, 1.82) is 0 Å². The van der Waals surface area contributed by atoms with E-state index in [1.807, 2.05) is 5.09 Å². The standard InChI is InChI=1S/C15H16NO7P/c17-10-4-1-9(2-5-10)3-6-13(19)15-12(16-24(21,22)23)7-11(18)8-14(15)20/h1-2,4-5,7-8,17-18,20H,3,6H2,(H3,16,21,22,23). The molecular formula is C15H16NO7P. The molecule has 128 valence electrons. The summed E-state index contributed by atoms with van der Waals surface area (Å²) in [5.41, 5.74) is 0.107. The molecule has 0 aliphatic carbocycles. The number of Topliss-reactive ketones (excluding diaryl/α,β-unsaturated/α-hetero) is 1. The zero-order valence-electron chi connectivity index (χ0n) is 12.4. The molecule has 8 nitrogen and oxygen atoms in total. The SMILES string of the molecule is O=C(CCc1ccc(O)cc1)c1c(O)cc(O)cc1NP(=O)(O)O. The number of carbonyl (C=O) groups is 1. The van der Waals surface area contributed by atoms with Gasteiger partial charge in [-0.05, 0) is 24.1 Å². The molecule has 0 atom stereocenters. The Kier molecular flexibility index (Phi) is 5.14. The lowest BCUT2D eigenvalue weighted by Gasteiger charge is -2.14. The Labute approximate surface area is 137 Å². The van der Waals surface area contributed by atoms with Crippen molar-refractivity contribution in [2.45, 2.75) is 12.8 Å². The number of aromatic hydroxyl groups is 3. The minimum Gasteiger partial charge on any atom is -0.508 e. The molecule has 0 unspecified atom stereocenters. The highest BCUT2D eigenvalue weighted by molar-refractivity contribution is 7.53. The highest BCUT2D eigenvalue weighted by Crippen LogP contribution is 2.41. The van der Waals surface area contributed by atoms with E-state index in [0.29, 0.717) is 6.42 Å². The van der Waals surface area contributed by atoms with Crippen LogP contribution < -0.4 is 5.09 Å². The Morgan fingerprint density at radius 3 is 2.21 bits per heavy atom. The van der Waals surface area contributed by atoms with Crippen molar-refractivity contribution >= 4 is 19.2 Å². The molecule has 0 aliphatic rings. The summed E-state index contributed by atoms with van der Waals surface area (Å²) in [7, 11) is -4.73. The van der Waals surface area contributed by atoms with Crippen molar-refractivity contribution in [1.82, 2.24) is 0 Å². The lowest BCUT2D eigenvalue weighted by atomic mass is 10.0. The highest BCUT2D eigenvalue weighted by Gasteiger charge is 2.22. The third-order valence-electron chi connectivity index (χ3n) is 3.22. The number of carbonyl (C=O) groups excluding carboxylic acids is 1. The summed E-state index contributed by atoms with van der Waals surface area (Å²) < 4.78 is 11.1. The van der Waals surface area contributed by atoms with Gasteiger partial charge in [0.2, 0.25) is 0 Å². The predicted octanol–water partition coefficient (Wildman–Crippen LogP) is 2.12. The first-order valence-corrected chi connectivity index (χ1v) is 8.48. The second-order valence-electron chi connectivity index (χ2n) is 5.13. The van der Waals surface area contributed by atoms with Gasteiger partial charge in [0.1, 0.15) is 17.2 Å². The number of aryl methyl sites for hydroxylation is 1. The van der Waals surface area contributed by atoms with Crippen LogP contribution in [0.4, 0.5) is 5.69 Å². The molecule has 0 aliphatic heterocycles. The van der Waals surface area contributed by atoms with Crippen LogP contribution in [0.25, 0.3) is 0 Å². The maximum absolute atomic E-state index is 12.3. The van der Waals surface area contributed by atoms with Gasteiger partial charge in [-0.15, -0.1) is 0 Å². The zero-order chi connectivity index (χ0) is 17.9. The van der Waals surface area contributed by atoms with E-state index >= 15 is 0 Å². The second-order valence-corrected chi connectivity index (χ2v) is 6.44. The Morgan fingerprint density at radius 1 is 1.00 bits per heavy atom. The lowest BCUT2D eigenvalue weighted by Crippen LogP contribution is -2.07. The van der Waals surface area contributed by atoms with Crippen molar-refractivity contribution in [3.63, 3.8) is 0 Å². The van der Waals surface area contributed by atoms with Crippen LogP contribution in [0.15, 0.2) is 36.4 Å². The summed E-state index contributed by atoms with van der Waals surface area (Å²) >= 11 is 0. The molecule has 2 aromatic rings. The number of phenolic OH excluding ortho intramolecular Hbond substituents is 3. The molecular weight excluding hydrogens is 337 g/mol. The quantitative estimate of drug-likeness (QED) is 0.342. The fraction of sp³-hybridized carbons (Fsp3) is 0.133. The molecule has 0 spiro atoms. The summed E-state index contributed by atoms with van der Waals surface area (Å²) in [5.74, 6) is -1.49. The molecule has 0 radical (unpaired) electrons. The van der Waals surface area contributed by atoms with E-state index in [-0.39, 0.29) is 23.4 Å². The Bertz CT molecular complexity index is 798. The van der Waals surface area contributed by atoms with Crippen LogP contribution in [0.2, 0.25) is 0 Å². The number of benzene rings is 2. The number of rotatable bonds is 6. The van der Waals surface area contributed by atoms with E-state index in [1.165, 1.54) is 12.1 Å². The van der Waals surface area contributed by atoms with Crippen LogP contribution in [-0.2, 0) is 11.0 Å². The number of hydrogen-bond donors (Lipinski definition) is 6. The predicted molar refractivity (Wildman–Crippen MR) is 86.2 cm³/mol. The molecule has 0 bridgehead atoms. The summed E-state index contributed by atoms with van der Waals surface area (Å²) in [6, 6.07) is 8.07. The van der Waals surface area contributed by atoms with Crippen molar-refractivity contribution < 1.29 is 34.5 Å². The van der Waals surface area contributed by atoms with Gasteiger partial charge in [0.25, 0.3) is 0 Å². The maximum atomic E-state index is 12.3. The van der Waals surface area contributed by atoms with Gasteiger partial charge in [0.15, 0.2) is 5.78 Å². The van der Waals surface area contributed by atoms with Crippen LogP contribution in [0.3, 0.4) is 0 Å². The normalized spacial score (nSPS) is 11.2. The molecule has 0 saturated carbocycles. The van der Waals surface area contributed by atoms with E-state index in [2.05, 4.69) is 0 Å². The van der Waals surface area contributed by atoms with Crippen LogP contribution >= 0.6 is 7.75 Å². The minimum atomic E-state index is -4.73. The van der Waals surface area contributed by atoms with Gasteiger partial charge in [-0.1, -0.05) is 12.1 Å². The third kappa shape index (κ3) is 4.73. The van der Waals surface area contributed by atoms with E-state index in [4.69, 9.17) is 9.79 Å². The molecule has 24 heavy (non-hydrogen) atoms. The summed E-state index contributed by atoms with van der Waals surface area (Å²) in [6.07, 6.45) is 0.258. The van der Waals surface area contributed by atoms with Crippen LogP contribution in [0.1, 0.15) is 22.3 Å². The monoisotopic (exact) mass is 353 g/mol. The van der Waals surface area contributed by atoms with Crippen LogP contribution in [0, 0.1) is 0 Å². The van der Waals surface area contributed by atoms with Crippen LogP contribution in [0.5, 0.6) is 17.2 Å². The molecule has 9 heteroatoms. The molecule has 0 heterocycles. The van der Waals surface area contributed by atoms with Crippen LogP contribution in [-0.4, -0.2) is 30.9 Å². The van der Waals surface area contributed by atoms with Crippen molar-refractivity contribution in [3.05, 3.63) is 47.5 Å². The first kappa shape index (κ1) is 17.8. The van der Waals surface area contributed by atoms with E-state index in [0.717, 1.165) is 17.7 Å². The van der Waals surface area contributed by atoms with Gasteiger partial charge in [0.05, 0.1) is 11.3 Å². The Balaban J connectivity index is 2.24. The summed E-state index contributed by atoms with van der Waals surface area (Å²) in [4.78, 5) is 30.3. The van der Waals surface area contributed by atoms with E-state index < -0.39 is 25.0 Å². The average molecular weight is 353 g/mol. The maximum Gasteiger partial charge on any atom is 0.427 e. The smallest absolute Gasteiger partial charge is 0.427 e. The van der Waals surface area contributed by atoms with E-state index in [9.17, 15) is 24.7 Å². The van der Waals surface area contributed by atoms with Gasteiger partial charge in [0, 0.05) is 18.6 Å². The number of anilines is 1. The first-order chi connectivity index (χ1) is 11.2. The fourth-order valence-electron chi connectivity index (χ4n) is 2.20. The molecule has 2 rings (SSSR count). The second kappa shape index (κ2) is 6.92. The summed E-state index contributed by atoms with van der Waals surface area (Å²) in [6.45, 7) is 0. The average Bonchev–Trinajstić information content (AvgIpc) is 2.44. The molecule has 6 N–H and O–H groups in total. The van der Waals surface area contributed by atoms with Gasteiger partial charge in [-0.25, -0.2) is 4.57 Å². The molecule has 0 aromatic heterocycles. The number of hydrogen-bond acceptors (Lipinski definition) is 5. The molecule has 0 saturated heterocycles.